The first-order chi connectivity index (χ1) is 7.88. The Balaban J connectivity index is 2.59. The first-order valence-corrected chi connectivity index (χ1v) is 8.55. The lowest BCUT2D eigenvalue weighted by atomic mass is 10.2. The normalized spacial score (nSPS) is 20.5. The van der Waals surface area contributed by atoms with Crippen LogP contribution in [-0.2, 0) is 9.84 Å². The van der Waals surface area contributed by atoms with Gasteiger partial charge in [-0.3, -0.25) is 0 Å². The molecule has 0 aromatic carbocycles. The van der Waals surface area contributed by atoms with Gasteiger partial charge in [-0.25, -0.2) is 8.42 Å². The number of hydrogen-bond acceptors (Lipinski definition) is 3. The van der Waals surface area contributed by atoms with E-state index in [4.69, 9.17) is 0 Å². The van der Waals surface area contributed by atoms with Gasteiger partial charge in [0, 0.05) is 6.04 Å². The molecular weight excluding hydrogens is 234 g/mol. The van der Waals surface area contributed by atoms with Gasteiger partial charge in [0.2, 0.25) is 0 Å². The average Bonchev–Trinajstić information content (AvgIpc) is 3.06. The van der Waals surface area contributed by atoms with Crippen molar-refractivity contribution in [1.82, 2.24) is 5.32 Å². The van der Waals surface area contributed by atoms with Crippen molar-refractivity contribution in [2.24, 2.45) is 11.8 Å². The highest BCUT2D eigenvalue weighted by Gasteiger charge is 2.36. The molecule has 1 N–H and O–H groups in total. The minimum atomic E-state index is -2.96. The summed E-state index contributed by atoms with van der Waals surface area (Å²) in [5, 5.41) is 3.17. The minimum absolute atomic E-state index is 0.182. The standard InChI is InChI=1S/C13H27NO2S/c1-5-8-14-13(12-6-7-12)9-17(15,16)11(4)10(2)3/h10-14H,5-9H2,1-4H3. The van der Waals surface area contributed by atoms with Crippen LogP contribution in [0.25, 0.3) is 0 Å². The molecule has 2 unspecified atom stereocenters. The summed E-state index contributed by atoms with van der Waals surface area (Å²) in [6.07, 6.45) is 3.43. The summed E-state index contributed by atoms with van der Waals surface area (Å²) in [6, 6.07) is 0.182. The second-order valence-electron chi connectivity index (χ2n) is 5.68. The van der Waals surface area contributed by atoms with Crippen molar-refractivity contribution >= 4 is 9.84 Å². The maximum Gasteiger partial charge on any atom is 0.154 e. The van der Waals surface area contributed by atoms with Crippen LogP contribution >= 0.6 is 0 Å². The average molecular weight is 261 g/mol. The zero-order chi connectivity index (χ0) is 13.1. The quantitative estimate of drug-likeness (QED) is 0.729. The van der Waals surface area contributed by atoms with Crippen LogP contribution in [0.4, 0.5) is 0 Å². The van der Waals surface area contributed by atoms with Crippen LogP contribution in [0.3, 0.4) is 0 Å². The molecule has 2 atom stereocenters. The third-order valence-electron chi connectivity index (χ3n) is 3.76. The molecule has 0 aromatic heterocycles. The molecule has 0 radical (unpaired) electrons. The minimum Gasteiger partial charge on any atom is -0.313 e. The zero-order valence-electron chi connectivity index (χ0n) is 11.6. The number of sulfone groups is 1. The Morgan fingerprint density at radius 1 is 1.24 bits per heavy atom. The summed E-state index contributed by atoms with van der Waals surface area (Å²) in [5.74, 6) is 1.11. The van der Waals surface area contributed by atoms with Crippen molar-refractivity contribution in [3.05, 3.63) is 0 Å². The van der Waals surface area contributed by atoms with Crippen LogP contribution in [0.2, 0.25) is 0 Å². The summed E-state index contributed by atoms with van der Waals surface area (Å²) < 4.78 is 24.5. The van der Waals surface area contributed by atoms with E-state index in [2.05, 4.69) is 12.2 Å². The number of hydrogen-bond donors (Lipinski definition) is 1. The second-order valence-corrected chi connectivity index (χ2v) is 8.08. The first-order valence-electron chi connectivity index (χ1n) is 6.83. The van der Waals surface area contributed by atoms with Crippen molar-refractivity contribution in [2.45, 2.75) is 58.2 Å². The van der Waals surface area contributed by atoms with Gasteiger partial charge in [-0.2, -0.15) is 0 Å². The highest BCUT2D eigenvalue weighted by molar-refractivity contribution is 7.92. The van der Waals surface area contributed by atoms with Crippen LogP contribution < -0.4 is 5.32 Å². The predicted molar refractivity (Wildman–Crippen MR) is 72.9 cm³/mol. The van der Waals surface area contributed by atoms with E-state index in [1.54, 1.807) is 0 Å². The van der Waals surface area contributed by atoms with E-state index >= 15 is 0 Å². The van der Waals surface area contributed by atoms with Crippen molar-refractivity contribution in [2.75, 3.05) is 12.3 Å². The lowest BCUT2D eigenvalue weighted by Crippen LogP contribution is -2.41. The van der Waals surface area contributed by atoms with E-state index in [1.807, 2.05) is 20.8 Å². The molecule has 1 fully saturated rings. The second kappa shape index (κ2) is 6.19. The highest BCUT2D eigenvalue weighted by atomic mass is 32.2. The molecule has 0 heterocycles. The molecule has 17 heavy (non-hydrogen) atoms. The molecule has 4 heteroatoms. The van der Waals surface area contributed by atoms with E-state index in [-0.39, 0.29) is 17.2 Å². The van der Waals surface area contributed by atoms with Gasteiger partial charge in [0.25, 0.3) is 0 Å². The zero-order valence-corrected chi connectivity index (χ0v) is 12.4. The molecule has 1 aliphatic rings. The topological polar surface area (TPSA) is 46.2 Å². The molecule has 0 bridgehead atoms. The van der Waals surface area contributed by atoms with Crippen molar-refractivity contribution < 1.29 is 8.42 Å². The van der Waals surface area contributed by atoms with Gasteiger partial charge < -0.3 is 5.32 Å². The Morgan fingerprint density at radius 3 is 2.24 bits per heavy atom. The molecule has 0 aliphatic heterocycles. The van der Waals surface area contributed by atoms with Gasteiger partial charge in [0.05, 0.1) is 11.0 Å². The van der Waals surface area contributed by atoms with Gasteiger partial charge in [-0.15, -0.1) is 0 Å². The molecular formula is C13H27NO2S. The van der Waals surface area contributed by atoms with Crippen molar-refractivity contribution in [3.8, 4) is 0 Å². The molecule has 3 nitrogen and oxygen atoms in total. The fourth-order valence-electron chi connectivity index (χ4n) is 2.01. The molecule has 102 valence electrons. The smallest absolute Gasteiger partial charge is 0.154 e. The molecule has 0 spiro atoms. The highest BCUT2D eigenvalue weighted by Crippen LogP contribution is 2.33. The third kappa shape index (κ3) is 4.59. The summed E-state index contributed by atoms with van der Waals surface area (Å²) in [5.41, 5.74) is 0. The molecule has 1 saturated carbocycles. The van der Waals surface area contributed by atoms with Crippen LogP contribution in [0.1, 0.15) is 47.0 Å². The van der Waals surface area contributed by atoms with Gasteiger partial charge in [-0.05, 0) is 44.6 Å². The summed E-state index contributed by atoms with van der Waals surface area (Å²) in [4.78, 5) is 0. The molecule has 0 amide bonds. The van der Waals surface area contributed by atoms with E-state index in [0.717, 1.165) is 13.0 Å². The van der Waals surface area contributed by atoms with Crippen molar-refractivity contribution in [1.29, 1.82) is 0 Å². The Labute approximate surface area is 106 Å². The van der Waals surface area contributed by atoms with Gasteiger partial charge >= 0.3 is 0 Å². The maximum atomic E-state index is 12.2. The monoisotopic (exact) mass is 261 g/mol. The Hall–Kier alpha value is -0.0900. The SMILES string of the molecule is CCCNC(CS(=O)(=O)C(C)C(C)C)C1CC1. The summed E-state index contributed by atoms with van der Waals surface area (Å²) in [6.45, 7) is 8.83. The van der Waals surface area contributed by atoms with E-state index in [1.165, 1.54) is 12.8 Å². The van der Waals surface area contributed by atoms with Gasteiger partial charge in [-0.1, -0.05) is 20.8 Å². The first kappa shape index (κ1) is 15.0. The Kier molecular flexibility index (Phi) is 5.45. The lowest BCUT2D eigenvalue weighted by molar-refractivity contribution is 0.480. The molecule has 1 aliphatic carbocycles. The van der Waals surface area contributed by atoms with Crippen LogP contribution in [-0.4, -0.2) is 32.0 Å². The lowest BCUT2D eigenvalue weighted by Gasteiger charge is -2.22. The Morgan fingerprint density at radius 2 is 1.82 bits per heavy atom. The predicted octanol–water partition coefficient (Wildman–Crippen LogP) is 2.22. The number of rotatable bonds is 8. The van der Waals surface area contributed by atoms with E-state index < -0.39 is 9.84 Å². The van der Waals surface area contributed by atoms with Crippen molar-refractivity contribution in [3.63, 3.8) is 0 Å². The van der Waals surface area contributed by atoms with Crippen LogP contribution in [0, 0.1) is 11.8 Å². The number of nitrogens with one attached hydrogen (secondary N) is 1. The van der Waals surface area contributed by atoms with Gasteiger partial charge in [0.15, 0.2) is 9.84 Å². The molecule has 0 aromatic rings. The van der Waals surface area contributed by atoms with Gasteiger partial charge in [0.1, 0.15) is 0 Å². The van der Waals surface area contributed by atoms with E-state index in [9.17, 15) is 8.42 Å². The summed E-state index contributed by atoms with van der Waals surface area (Å²) >= 11 is 0. The fourth-order valence-corrected chi connectivity index (χ4v) is 4.03. The third-order valence-corrected chi connectivity index (χ3v) is 6.27. The van der Waals surface area contributed by atoms with E-state index in [0.29, 0.717) is 11.7 Å². The largest absolute Gasteiger partial charge is 0.313 e. The summed E-state index contributed by atoms with van der Waals surface area (Å²) in [7, 11) is -2.96. The Bertz CT molecular complexity index is 320. The fraction of sp³-hybridized carbons (Fsp3) is 1.00. The maximum absolute atomic E-state index is 12.2. The molecule has 1 rings (SSSR count). The molecule has 0 saturated heterocycles. The van der Waals surface area contributed by atoms with Crippen LogP contribution in [0.5, 0.6) is 0 Å². The van der Waals surface area contributed by atoms with Crippen LogP contribution in [0.15, 0.2) is 0 Å².